The van der Waals surface area contributed by atoms with E-state index in [1.165, 1.54) is 30.3 Å². The Balaban J connectivity index is 1.27. The Hall–Kier alpha value is -4.43. The number of carbonyl (C=O) groups is 3. The predicted octanol–water partition coefficient (Wildman–Crippen LogP) is 5.41. The van der Waals surface area contributed by atoms with Crippen LogP contribution in [0, 0.1) is 11.7 Å². The van der Waals surface area contributed by atoms with E-state index in [9.17, 15) is 36.7 Å². The minimum absolute atomic E-state index is 0.183. The van der Waals surface area contributed by atoms with Crippen LogP contribution in [0.1, 0.15) is 21.9 Å². The van der Waals surface area contributed by atoms with E-state index < -0.39 is 64.7 Å². The van der Waals surface area contributed by atoms with Gasteiger partial charge in [-0.05, 0) is 54.1 Å². The minimum atomic E-state index is -4.66. The molecule has 6 rings (SSSR count). The van der Waals surface area contributed by atoms with E-state index in [0.717, 1.165) is 52.3 Å². The number of rotatable bonds is 6. The third-order valence-electron chi connectivity index (χ3n) is 7.00. The van der Waals surface area contributed by atoms with Gasteiger partial charge in [0.2, 0.25) is 11.8 Å². The van der Waals surface area contributed by atoms with Crippen LogP contribution in [0.4, 0.5) is 28.9 Å². The van der Waals surface area contributed by atoms with Crippen LogP contribution in [0.25, 0.3) is 0 Å². The zero-order valence-electron chi connectivity index (χ0n) is 21.7. The quantitative estimate of drug-likeness (QED) is 0.218. The number of halogens is 4. The van der Waals surface area contributed by atoms with Crippen LogP contribution in [0.15, 0.2) is 82.6 Å². The molecule has 1 saturated heterocycles. The number of carbonyl (C=O) groups excluding carboxylic acids is 3. The number of benzene rings is 3. The molecule has 1 fully saturated rings. The fourth-order valence-corrected chi connectivity index (χ4v) is 7.71. The highest BCUT2D eigenvalue weighted by molar-refractivity contribution is 8.00. The molecule has 220 valence electrons. The molecule has 0 spiro atoms. The van der Waals surface area contributed by atoms with Crippen molar-refractivity contribution in [1.82, 2.24) is 4.98 Å². The van der Waals surface area contributed by atoms with Gasteiger partial charge in [0.15, 0.2) is 6.61 Å². The molecule has 3 amide bonds. The Bertz CT molecular complexity index is 1800. The molecule has 2 aliphatic heterocycles. The van der Waals surface area contributed by atoms with Crippen molar-refractivity contribution in [3.05, 3.63) is 104 Å². The lowest BCUT2D eigenvalue weighted by atomic mass is 9.83. The van der Waals surface area contributed by atoms with E-state index in [2.05, 4.69) is 10.3 Å². The summed E-state index contributed by atoms with van der Waals surface area (Å²) in [7, 11) is 0. The lowest BCUT2D eigenvalue weighted by molar-refractivity contribution is -0.137. The highest BCUT2D eigenvalue weighted by atomic mass is 32.2. The number of anilines is 2. The van der Waals surface area contributed by atoms with Crippen molar-refractivity contribution in [2.75, 3.05) is 16.8 Å². The zero-order valence-corrected chi connectivity index (χ0v) is 23.3. The fourth-order valence-electron chi connectivity index (χ4n) is 5.19. The van der Waals surface area contributed by atoms with Crippen molar-refractivity contribution in [2.24, 2.45) is 5.92 Å². The summed E-state index contributed by atoms with van der Waals surface area (Å²) >= 11 is 2.00. The molecule has 3 aromatic carbocycles. The maximum absolute atomic E-state index is 13.8. The number of imide groups is 1. The molecule has 3 heterocycles. The molecule has 2 N–H and O–H groups in total. The Morgan fingerprint density at radius 2 is 1.72 bits per heavy atom. The van der Waals surface area contributed by atoms with E-state index in [1.807, 2.05) is 0 Å². The highest BCUT2D eigenvalue weighted by Crippen LogP contribution is 2.53. The van der Waals surface area contributed by atoms with Crippen LogP contribution >= 0.6 is 23.1 Å². The second kappa shape index (κ2) is 11.0. The smallest absolute Gasteiger partial charge is 0.418 e. The molecule has 0 bridgehead atoms. The number of nitrogens with zero attached hydrogens (tertiary/aromatic N) is 1. The Morgan fingerprint density at radius 3 is 2.47 bits per heavy atom. The lowest BCUT2D eigenvalue weighted by Gasteiger charge is -2.30. The van der Waals surface area contributed by atoms with E-state index in [1.54, 1.807) is 18.2 Å². The van der Waals surface area contributed by atoms with Crippen LogP contribution in [0.5, 0.6) is 5.75 Å². The standard InChI is InChI=1S/C29H19F4N3O5S2/c30-15-8-10-16(11-9-15)36-26(38)22-21(23-25(35-28(40)43-23)42-24(22)27(36)39)14-4-3-5-17(12-14)41-13-20(37)34-19-7-2-1-6-18(19)29(31,32)33/h1-12,21-22,24H,13H2,(H,34,37)(H,35,40). The van der Waals surface area contributed by atoms with Crippen LogP contribution in [0.3, 0.4) is 0 Å². The number of nitrogens with one attached hydrogen (secondary N) is 2. The summed E-state index contributed by atoms with van der Waals surface area (Å²) in [4.78, 5) is 56.0. The number of thioether (sulfide) groups is 1. The summed E-state index contributed by atoms with van der Waals surface area (Å²) in [5.74, 6) is -3.82. The summed E-state index contributed by atoms with van der Waals surface area (Å²) in [6, 6.07) is 15.9. The number of ether oxygens (including phenoxy) is 1. The van der Waals surface area contributed by atoms with Gasteiger partial charge in [-0.3, -0.25) is 19.2 Å². The molecule has 3 unspecified atom stereocenters. The number of hydrogen-bond acceptors (Lipinski definition) is 7. The topological polar surface area (TPSA) is 109 Å². The summed E-state index contributed by atoms with van der Waals surface area (Å²) in [6.45, 7) is -0.610. The van der Waals surface area contributed by atoms with Crippen molar-refractivity contribution in [3.63, 3.8) is 0 Å². The van der Waals surface area contributed by atoms with E-state index >= 15 is 0 Å². The number of aromatic amines is 1. The number of H-pyrrole nitrogens is 1. The van der Waals surface area contributed by atoms with Gasteiger partial charge in [0.05, 0.1) is 27.9 Å². The molecule has 0 aliphatic carbocycles. The average Bonchev–Trinajstić information content (AvgIpc) is 3.46. The monoisotopic (exact) mass is 629 g/mol. The first-order valence-corrected chi connectivity index (χ1v) is 14.4. The SMILES string of the molecule is O=C(COc1cccc(C2c3sc(=O)[nH]c3SC3C(=O)N(c4ccc(F)cc4)C(=O)C32)c1)Nc1ccccc1C(F)(F)F. The summed E-state index contributed by atoms with van der Waals surface area (Å²) in [5, 5.41) is 1.80. The maximum atomic E-state index is 13.8. The van der Waals surface area contributed by atoms with Gasteiger partial charge in [-0.25, -0.2) is 9.29 Å². The predicted molar refractivity (Wildman–Crippen MR) is 151 cm³/mol. The fraction of sp³-hybridized carbons (Fsp3) is 0.172. The largest absolute Gasteiger partial charge is 0.484 e. The average molecular weight is 630 g/mol. The molecular formula is C29H19F4N3O5S2. The van der Waals surface area contributed by atoms with Crippen molar-refractivity contribution in [1.29, 1.82) is 0 Å². The van der Waals surface area contributed by atoms with E-state index in [-0.39, 0.29) is 16.3 Å². The Kier molecular flexibility index (Phi) is 7.34. The van der Waals surface area contributed by atoms with Crippen LogP contribution in [0.2, 0.25) is 0 Å². The second-order valence-corrected chi connectivity index (χ2v) is 11.9. The van der Waals surface area contributed by atoms with Gasteiger partial charge in [-0.2, -0.15) is 13.2 Å². The zero-order chi connectivity index (χ0) is 30.5. The first-order valence-electron chi connectivity index (χ1n) is 12.7. The lowest BCUT2D eigenvalue weighted by Crippen LogP contribution is -2.32. The number of fused-ring (bicyclic) bond motifs is 2. The highest BCUT2D eigenvalue weighted by Gasteiger charge is 2.56. The molecular weight excluding hydrogens is 610 g/mol. The molecule has 3 atom stereocenters. The number of hydrogen-bond donors (Lipinski definition) is 2. The first-order chi connectivity index (χ1) is 20.5. The van der Waals surface area contributed by atoms with Crippen molar-refractivity contribution in [3.8, 4) is 5.75 Å². The van der Waals surface area contributed by atoms with Crippen LogP contribution in [-0.2, 0) is 20.6 Å². The summed E-state index contributed by atoms with van der Waals surface area (Å²) in [5.41, 5.74) is -0.665. The normalized spacial score (nSPS) is 19.6. The third-order valence-corrected chi connectivity index (χ3v) is 9.40. The van der Waals surface area contributed by atoms with Gasteiger partial charge < -0.3 is 15.0 Å². The van der Waals surface area contributed by atoms with Gasteiger partial charge in [-0.15, -0.1) is 0 Å². The molecule has 0 radical (unpaired) electrons. The second-order valence-electron chi connectivity index (χ2n) is 9.69. The van der Waals surface area contributed by atoms with E-state index in [4.69, 9.17) is 4.74 Å². The number of alkyl halides is 3. The van der Waals surface area contributed by atoms with Gasteiger partial charge >= 0.3 is 11.0 Å². The molecule has 1 aromatic heterocycles. The van der Waals surface area contributed by atoms with Crippen LogP contribution in [-0.4, -0.2) is 34.6 Å². The molecule has 8 nitrogen and oxygen atoms in total. The number of thiazole rings is 1. The Morgan fingerprint density at radius 1 is 0.977 bits per heavy atom. The molecule has 14 heteroatoms. The van der Waals surface area contributed by atoms with E-state index in [0.29, 0.717) is 15.5 Å². The van der Waals surface area contributed by atoms with Gasteiger partial charge in [-0.1, -0.05) is 47.4 Å². The number of amides is 3. The molecule has 0 saturated carbocycles. The summed E-state index contributed by atoms with van der Waals surface area (Å²) in [6.07, 6.45) is -4.66. The maximum Gasteiger partial charge on any atom is 0.418 e. The van der Waals surface area contributed by atoms with Crippen molar-refractivity contribution >= 4 is 52.2 Å². The third kappa shape index (κ3) is 5.43. The molecule has 43 heavy (non-hydrogen) atoms. The van der Waals surface area contributed by atoms with Crippen LogP contribution < -0.4 is 19.8 Å². The van der Waals surface area contributed by atoms with Crippen molar-refractivity contribution < 1.29 is 36.7 Å². The molecule has 4 aromatic rings. The van der Waals surface area contributed by atoms with Gasteiger partial charge in [0, 0.05) is 10.8 Å². The molecule has 2 aliphatic rings. The number of para-hydroxylation sites is 1. The van der Waals surface area contributed by atoms with Crippen molar-refractivity contribution in [2.45, 2.75) is 22.4 Å². The summed E-state index contributed by atoms with van der Waals surface area (Å²) < 4.78 is 59.0. The first kappa shape index (κ1) is 28.7. The minimum Gasteiger partial charge on any atom is -0.484 e. The van der Waals surface area contributed by atoms with Gasteiger partial charge in [0.25, 0.3) is 5.91 Å². The van der Waals surface area contributed by atoms with Gasteiger partial charge in [0.1, 0.15) is 16.8 Å². The Labute approximate surface area is 248 Å². The number of aromatic nitrogens is 1.